The lowest BCUT2D eigenvalue weighted by atomic mass is 10.2. The molecular formula is C15H13BrN2O2S. The first-order valence-electron chi connectivity index (χ1n) is 6.45. The summed E-state index contributed by atoms with van der Waals surface area (Å²) < 4.78 is 7.76. The number of thiazole rings is 1. The van der Waals surface area contributed by atoms with Crippen molar-refractivity contribution in [3.63, 3.8) is 0 Å². The summed E-state index contributed by atoms with van der Waals surface area (Å²) in [4.78, 5) is 16.8. The Hall–Kier alpha value is -1.66. The molecule has 0 spiro atoms. The number of carbonyl (C=O) groups is 1. The van der Waals surface area contributed by atoms with Crippen LogP contribution in [0.5, 0.6) is 0 Å². The van der Waals surface area contributed by atoms with Gasteiger partial charge in [0.2, 0.25) is 0 Å². The Kier molecular flexibility index (Phi) is 4.07. The molecule has 3 rings (SSSR count). The van der Waals surface area contributed by atoms with E-state index in [-0.39, 0.29) is 5.97 Å². The van der Waals surface area contributed by atoms with Crippen molar-refractivity contribution >= 4 is 38.2 Å². The molecule has 2 heterocycles. The van der Waals surface area contributed by atoms with Gasteiger partial charge in [0.25, 0.3) is 0 Å². The monoisotopic (exact) mass is 364 g/mol. The fraction of sp³-hybridized carbons (Fsp3) is 0.200. The number of esters is 1. The smallest absolute Gasteiger partial charge is 0.305 e. The van der Waals surface area contributed by atoms with Crippen molar-refractivity contribution in [3.05, 3.63) is 46.0 Å². The maximum absolute atomic E-state index is 11.3. The summed E-state index contributed by atoms with van der Waals surface area (Å²) in [5.74, 6) is -0.193. The fourth-order valence-electron chi connectivity index (χ4n) is 2.13. The molecule has 21 heavy (non-hydrogen) atoms. The van der Waals surface area contributed by atoms with Crippen LogP contribution in [0.4, 0.5) is 0 Å². The van der Waals surface area contributed by atoms with Crippen LogP contribution in [0.2, 0.25) is 0 Å². The van der Waals surface area contributed by atoms with E-state index in [1.807, 2.05) is 40.2 Å². The Bertz CT molecular complexity index is 794. The molecule has 0 unspecified atom stereocenters. The molecule has 0 aliphatic heterocycles. The van der Waals surface area contributed by atoms with Gasteiger partial charge in [0, 0.05) is 27.3 Å². The van der Waals surface area contributed by atoms with Crippen molar-refractivity contribution in [2.45, 2.75) is 12.8 Å². The van der Waals surface area contributed by atoms with Crippen molar-refractivity contribution in [1.29, 1.82) is 0 Å². The molecule has 0 amide bonds. The van der Waals surface area contributed by atoms with Crippen LogP contribution in [0, 0.1) is 0 Å². The van der Waals surface area contributed by atoms with Crippen LogP contribution in [-0.4, -0.2) is 22.5 Å². The van der Waals surface area contributed by atoms with Crippen LogP contribution < -0.4 is 0 Å². The van der Waals surface area contributed by atoms with E-state index in [1.54, 1.807) is 11.3 Å². The Balaban J connectivity index is 1.90. The van der Waals surface area contributed by atoms with E-state index in [1.165, 1.54) is 7.11 Å². The molecule has 0 N–H and O–H groups in total. The Morgan fingerprint density at radius 2 is 2.33 bits per heavy atom. The molecule has 0 saturated carbocycles. The van der Waals surface area contributed by atoms with E-state index in [9.17, 15) is 4.79 Å². The van der Waals surface area contributed by atoms with Crippen molar-refractivity contribution in [2.24, 2.45) is 0 Å². The molecule has 1 aromatic carbocycles. The molecule has 3 aromatic rings. The number of benzene rings is 1. The van der Waals surface area contributed by atoms with Crippen LogP contribution in [-0.2, 0) is 16.0 Å². The van der Waals surface area contributed by atoms with Crippen LogP contribution in [0.25, 0.3) is 16.2 Å². The minimum atomic E-state index is -0.193. The maximum atomic E-state index is 11.3. The molecule has 0 aliphatic rings. The van der Waals surface area contributed by atoms with Crippen molar-refractivity contribution in [3.8, 4) is 11.3 Å². The fourth-order valence-corrected chi connectivity index (χ4v) is 3.43. The number of hydrogen-bond acceptors (Lipinski definition) is 4. The van der Waals surface area contributed by atoms with E-state index >= 15 is 0 Å². The maximum Gasteiger partial charge on any atom is 0.305 e. The first-order valence-corrected chi connectivity index (χ1v) is 8.13. The quantitative estimate of drug-likeness (QED) is 0.658. The minimum Gasteiger partial charge on any atom is -0.469 e. The summed E-state index contributed by atoms with van der Waals surface area (Å²) in [6, 6.07) is 8.06. The van der Waals surface area contributed by atoms with Crippen LogP contribution in [0.15, 0.2) is 40.3 Å². The molecule has 6 heteroatoms. The number of hydrogen-bond donors (Lipinski definition) is 0. The third-order valence-electron chi connectivity index (χ3n) is 3.22. The third-order valence-corrected chi connectivity index (χ3v) is 4.60. The zero-order valence-electron chi connectivity index (χ0n) is 11.4. The molecule has 0 aliphatic carbocycles. The van der Waals surface area contributed by atoms with Gasteiger partial charge < -0.3 is 4.74 Å². The standard InChI is InChI=1S/C15H13BrN2O2S/c1-20-14(19)6-5-12-9-21-15-17-13(8-18(12)15)10-3-2-4-11(16)7-10/h2-4,7-9H,5-6H2,1H3. The molecule has 0 saturated heterocycles. The van der Waals surface area contributed by atoms with Gasteiger partial charge in [0.15, 0.2) is 4.96 Å². The highest BCUT2D eigenvalue weighted by Gasteiger charge is 2.11. The SMILES string of the molecule is COC(=O)CCc1csc2nc(-c3cccc(Br)c3)cn12. The van der Waals surface area contributed by atoms with Gasteiger partial charge in [0.1, 0.15) is 0 Å². The van der Waals surface area contributed by atoms with Gasteiger partial charge in [-0.2, -0.15) is 0 Å². The van der Waals surface area contributed by atoms with Gasteiger partial charge in [-0.15, -0.1) is 11.3 Å². The van der Waals surface area contributed by atoms with Crippen molar-refractivity contribution in [1.82, 2.24) is 9.38 Å². The number of methoxy groups -OCH3 is 1. The predicted octanol–water partition coefficient (Wildman–Crippen LogP) is 3.93. The number of nitrogens with zero attached hydrogens (tertiary/aromatic N) is 2. The van der Waals surface area contributed by atoms with E-state index < -0.39 is 0 Å². The summed E-state index contributed by atoms with van der Waals surface area (Å²) in [5, 5.41) is 2.04. The van der Waals surface area contributed by atoms with E-state index in [2.05, 4.69) is 25.7 Å². The summed E-state index contributed by atoms with van der Waals surface area (Å²) in [6.07, 6.45) is 3.05. The van der Waals surface area contributed by atoms with Crippen LogP contribution in [0.1, 0.15) is 12.1 Å². The highest BCUT2D eigenvalue weighted by atomic mass is 79.9. The van der Waals surface area contributed by atoms with Gasteiger partial charge in [-0.1, -0.05) is 28.1 Å². The number of imidazole rings is 1. The molecule has 0 bridgehead atoms. The molecule has 2 aromatic heterocycles. The first-order chi connectivity index (χ1) is 10.2. The topological polar surface area (TPSA) is 43.6 Å². The van der Waals surface area contributed by atoms with Crippen LogP contribution in [0.3, 0.4) is 0 Å². The average Bonchev–Trinajstić information content (AvgIpc) is 3.05. The first kappa shape index (κ1) is 14.3. The molecule has 0 fully saturated rings. The molecule has 108 valence electrons. The Labute approximate surface area is 134 Å². The lowest BCUT2D eigenvalue weighted by molar-refractivity contribution is -0.140. The Morgan fingerprint density at radius 1 is 1.48 bits per heavy atom. The molecule has 0 radical (unpaired) electrons. The number of aromatic nitrogens is 2. The number of aryl methyl sites for hydroxylation is 1. The average molecular weight is 365 g/mol. The molecule has 4 nitrogen and oxygen atoms in total. The third kappa shape index (κ3) is 3.01. The van der Waals surface area contributed by atoms with Gasteiger partial charge >= 0.3 is 5.97 Å². The largest absolute Gasteiger partial charge is 0.469 e. The normalized spacial score (nSPS) is 11.0. The zero-order chi connectivity index (χ0) is 14.8. The Morgan fingerprint density at radius 3 is 3.10 bits per heavy atom. The number of halogens is 1. The lowest BCUT2D eigenvalue weighted by Crippen LogP contribution is -2.02. The summed E-state index contributed by atoms with van der Waals surface area (Å²) in [7, 11) is 1.41. The second-order valence-corrected chi connectivity index (χ2v) is 6.34. The molecule has 0 atom stereocenters. The van der Waals surface area contributed by atoms with E-state index in [0.717, 1.165) is 26.4 Å². The van der Waals surface area contributed by atoms with Gasteiger partial charge in [-0.3, -0.25) is 9.20 Å². The summed E-state index contributed by atoms with van der Waals surface area (Å²) in [6.45, 7) is 0. The number of fused-ring (bicyclic) bond motifs is 1. The molecular weight excluding hydrogens is 352 g/mol. The highest BCUT2D eigenvalue weighted by Crippen LogP contribution is 2.26. The number of rotatable bonds is 4. The van der Waals surface area contributed by atoms with Crippen molar-refractivity contribution < 1.29 is 9.53 Å². The van der Waals surface area contributed by atoms with Gasteiger partial charge in [0.05, 0.1) is 19.2 Å². The van der Waals surface area contributed by atoms with Crippen LogP contribution >= 0.6 is 27.3 Å². The zero-order valence-corrected chi connectivity index (χ0v) is 13.8. The lowest BCUT2D eigenvalue weighted by Gasteiger charge is -1.99. The number of ether oxygens (including phenoxy) is 1. The van der Waals surface area contributed by atoms with E-state index in [0.29, 0.717) is 12.8 Å². The summed E-state index contributed by atoms with van der Waals surface area (Å²) >= 11 is 5.05. The van der Waals surface area contributed by atoms with Crippen molar-refractivity contribution in [2.75, 3.05) is 7.11 Å². The summed E-state index contributed by atoms with van der Waals surface area (Å²) in [5.41, 5.74) is 3.08. The van der Waals surface area contributed by atoms with Gasteiger partial charge in [-0.25, -0.2) is 4.98 Å². The highest BCUT2D eigenvalue weighted by molar-refractivity contribution is 9.10. The van der Waals surface area contributed by atoms with Gasteiger partial charge in [-0.05, 0) is 18.6 Å². The second-order valence-electron chi connectivity index (χ2n) is 4.59. The van der Waals surface area contributed by atoms with E-state index in [4.69, 9.17) is 0 Å². The minimum absolute atomic E-state index is 0.193. The predicted molar refractivity (Wildman–Crippen MR) is 86.5 cm³/mol. The second kappa shape index (κ2) is 5.99. The number of carbonyl (C=O) groups excluding carboxylic acids is 1.